The molecule has 1 aliphatic heterocycles. The fourth-order valence-corrected chi connectivity index (χ4v) is 5.06. The third kappa shape index (κ3) is 6.16. The number of carbonyl (C=O) groups excluding carboxylic acids is 1. The van der Waals surface area contributed by atoms with E-state index in [1.807, 2.05) is 37.3 Å². The number of aryl methyl sites for hydroxylation is 1. The number of hydrogen-bond acceptors (Lipinski definition) is 9. The Kier molecular flexibility index (Phi) is 7.52. The summed E-state index contributed by atoms with van der Waals surface area (Å²) >= 11 is 1.47. The van der Waals surface area contributed by atoms with E-state index in [4.69, 9.17) is 14.7 Å². The fraction of sp³-hybridized carbons (Fsp3) is 0.462. The van der Waals surface area contributed by atoms with Gasteiger partial charge in [-0.15, -0.1) is 0 Å². The highest BCUT2D eigenvalue weighted by molar-refractivity contribution is 7.99. The van der Waals surface area contributed by atoms with E-state index >= 15 is 0 Å². The number of aromatic amines is 1. The molecule has 11 heteroatoms. The molecule has 1 saturated carbocycles. The largest absolute Gasteiger partial charge is 0.490 e. The third-order valence-corrected chi connectivity index (χ3v) is 7.48. The monoisotopic (exact) mass is 522 g/mol. The van der Waals surface area contributed by atoms with Crippen LogP contribution in [0.15, 0.2) is 40.4 Å². The molecule has 2 fully saturated rings. The van der Waals surface area contributed by atoms with Crippen molar-refractivity contribution < 1.29 is 9.53 Å². The summed E-state index contributed by atoms with van der Waals surface area (Å²) < 4.78 is 5.84. The first-order valence-electron chi connectivity index (χ1n) is 12.7. The fourth-order valence-electron chi connectivity index (χ4n) is 4.31. The standard InChI is InChI=1S/C26H34N8O2S/c1-16(2)33-11-13-34(14-12-33)24-22(36-4)23(28-21-15-17(3)31-32-21)29-26(30-24)37-20-9-7-19(8-10-20)27-25(35)18-5-6-18/h7-10,15-16,18H,5-6,11-14H2,1-4H3,(H,27,35)(H2,28,29,30,31,32). The number of benzene rings is 1. The predicted octanol–water partition coefficient (Wildman–Crippen LogP) is 4.29. The lowest BCUT2D eigenvalue weighted by Crippen LogP contribution is -2.49. The minimum Gasteiger partial charge on any atom is -0.490 e. The van der Waals surface area contributed by atoms with Gasteiger partial charge in [0.2, 0.25) is 11.7 Å². The van der Waals surface area contributed by atoms with Crippen molar-refractivity contribution in [2.45, 2.75) is 49.7 Å². The maximum atomic E-state index is 12.1. The lowest BCUT2D eigenvalue weighted by atomic mass is 10.2. The van der Waals surface area contributed by atoms with E-state index in [9.17, 15) is 4.79 Å². The van der Waals surface area contributed by atoms with E-state index in [1.165, 1.54) is 11.8 Å². The number of ether oxygens (including phenoxy) is 1. The quantitative estimate of drug-likeness (QED) is 0.354. The normalized spacial score (nSPS) is 16.2. The van der Waals surface area contributed by atoms with Crippen molar-refractivity contribution in [1.82, 2.24) is 25.1 Å². The van der Waals surface area contributed by atoms with Gasteiger partial charge in [0, 0.05) is 60.5 Å². The molecule has 1 saturated heterocycles. The average Bonchev–Trinajstić information content (AvgIpc) is 3.67. The predicted molar refractivity (Wildman–Crippen MR) is 146 cm³/mol. The number of nitrogens with zero attached hydrogens (tertiary/aromatic N) is 5. The number of anilines is 4. The number of rotatable bonds is 9. The van der Waals surface area contributed by atoms with E-state index < -0.39 is 0 Å². The van der Waals surface area contributed by atoms with Crippen LogP contribution in [0.1, 0.15) is 32.4 Å². The Balaban J connectivity index is 1.41. The summed E-state index contributed by atoms with van der Waals surface area (Å²) in [6.45, 7) is 10.0. The second kappa shape index (κ2) is 11.0. The number of hydrogen-bond donors (Lipinski definition) is 3. The van der Waals surface area contributed by atoms with Crippen LogP contribution in [-0.4, -0.2) is 70.3 Å². The van der Waals surface area contributed by atoms with Crippen LogP contribution in [0.3, 0.4) is 0 Å². The summed E-state index contributed by atoms with van der Waals surface area (Å²) in [6, 6.07) is 10.2. The Morgan fingerprint density at radius 2 is 1.86 bits per heavy atom. The Labute approximate surface area is 221 Å². The number of carbonyl (C=O) groups is 1. The van der Waals surface area contributed by atoms with Gasteiger partial charge in [-0.05, 0) is 69.6 Å². The van der Waals surface area contributed by atoms with Gasteiger partial charge in [-0.2, -0.15) is 5.10 Å². The molecule has 196 valence electrons. The summed E-state index contributed by atoms with van der Waals surface area (Å²) in [5.74, 6) is 2.88. The van der Waals surface area contributed by atoms with Crippen LogP contribution in [0.25, 0.3) is 0 Å². The van der Waals surface area contributed by atoms with Crippen LogP contribution >= 0.6 is 11.8 Å². The van der Waals surface area contributed by atoms with Crippen molar-refractivity contribution in [1.29, 1.82) is 0 Å². The van der Waals surface area contributed by atoms with Crippen LogP contribution in [-0.2, 0) is 4.79 Å². The molecule has 10 nitrogen and oxygen atoms in total. The van der Waals surface area contributed by atoms with Crippen molar-refractivity contribution in [3.8, 4) is 5.75 Å². The van der Waals surface area contributed by atoms with Crippen molar-refractivity contribution in [3.05, 3.63) is 36.0 Å². The molecule has 3 aromatic rings. The van der Waals surface area contributed by atoms with E-state index in [0.717, 1.165) is 61.1 Å². The minimum absolute atomic E-state index is 0.102. The summed E-state index contributed by atoms with van der Waals surface area (Å²) in [4.78, 5) is 27.5. The van der Waals surface area contributed by atoms with Crippen LogP contribution < -0.4 is 20.3 Å². The zero-order valence-corrected chi connectivity index (χ0v) is 22.6. The molecule has 37 heavy (non-hydrogen) atoms. The van der Waals surface area contributed by atoms with Crippen molar-refractivity contribution in [3.63, 3.8) is 0 Å². The van der Waals surface area contributed by atoms with Gasteiger partial charge >= 0.3 is 0 Å². The van der Waals surface area contributed by atoms with Crippen LogP contribution in [0.2, 0.25) is 0 Å². The second-order valence-electron chi connectivity index (χ2n) is 9.78. The van der Waals surface area contributed by atoms with E-state index in [2.05, 4.69) is 44.5 Å². The zero-order valence-electron chi connectivity index (χ0n) is 21.7. The Morgan fingerprint density at radius 1 is 1.14 bits per heavy atom. The van der Waals surface area contributed by atoms with Gasteiger partial charge in [0.1, 0.15) is 0 Å². The van der Waals surface area contributed by atoms with Gasteiger partial charge < -0.3 is 20.3 Å². The number of H-pyrrole nitrogens is 1. The van der Waals surface area contributed by atoms with Gasteiger partial charge in [0.25, 0.3) is 0 Å². The Morgan fingerprint density at radius 3 is 2.46 bits per heavy atom. The van der Waals surface area contributed by atoms with Gasteiger partial charge in [0.05, 0.1) is 7.11 Å². The molecule has 0 unspecified atom stereocenters. The van der Waals surface area contributed by atoms with Gasteiger partial charge in [0.15, 0.2) is 22.6 Å². The van der Waals surface area contributed by atoms with E-state index in [0.29, 0.717) is 28.6 Å². The number of amides is 1. The van der Waals surface area contributed by atoms with E-state index in [-0.39, 0.29) is 11.8 Å². The number of nitrogens with one attached hydrogen (secondary N) is 3. The Bertz CT molecular complexity index is 1230. The molecule has 0 bridgehead atoms. The molecule has 0 spiro atoms. The minimum atomic E-state index is 0.102. The molecule has 5 rings (SSSR count). The molecule has 0 radical (unpaired) electrons. The molecule has 1 aromatic carbocycles. The molecular weight excluding hydrogens is 488 g/mol. The maximum Gasteiger partial charge on any atom is 0.227 e. The average molecular weight is 523 g/mol. The SMILES string of the molecule is COc1c(Nc2cc(C)[nH]n2)nc(Sc2ccc(NC(=O)C3CC3)cc2)nc1N1CCN(C(C)C)CC1. The molecule has 2 aliphatic rings. The van der Waals surface area contributed by atoms with Gasteiger partial charge in [-0.3, -0.25) is 14.8 Å². The highest BCUT2D eigenvalue weighted by atomic mass is 32.2. The molecule has 0 atom stereocenters. The molecule has 1 aliphatic carbocycles. The number of aromatic nitrogens is 4. The molecule has 2 aromatic heterocycles. The first-order valence-corrected chi connectivity index (χ1v) is 13.5. The first kappa shape index (κ1) is 25.3. The number of piperazine rings is 1. The van der Waals surface area contributed by atoms with Gasteiger partial charge in [-0.25, -0.2) is 9.97 Å². The first-order chi connectivity index (χ1) is 17.9. The smallest absolute Gasteiger partial charge is 0.227 e. The summed E-state index contributed by atoms with van der Waals surface area (Å²) in [5.41, 5.74) is 1.75. The molecule has 1 amide bonds. The van der Waals surface area contributed by atoms with Crippen molar-refractivity contribution in [2.24, 2.45) is 5.92 Å². The van der Waals surface area contributed by atoms with Gasteiger partial charge in [-0.1, -0.05) is 0 Å². The maximum absolute atomic E-state index is 12.1. The summed E-state index contributed by atoms with van der Waals surface area (Å²) in [5, 5.41) is 14.2. The zero-order chi connectivity index (χ0) is 25.9. The van der Waals surface area contributed by atoms with Crippen molar-refractivity contribution >= 4 is 40.8 Å². The second-order valence-corrected chi connectivity index (χ2v) is 10.8. The third-order valence-electron chi connectivity index (χ3n) is 6.61. The summed E-state index contributed by atoms with van der Waals surface area (Å²) in [6.07, 6.45) is 1.97. The lowest BCUT2D eigenvalue weighted by molar-refractivity contribution is -0.117. The molecular formula is C26H34N8O2S. The Hall–Kier alpha value is -3.31. The van der Waals surface area contributed by atoms with Crippen LogP contribution in [0.4, 0.5) is 23.1 Å². The summed E-state index contributed by atoms with van der Waals surface area (Å²) in [7, 11) is 1.65. The highest BCUT2D eigenvalue weighted by Crippen LogP contribution is 2.38. The van der Waals surface area contributed by atoms with Crippen molar-refractivity contribution in [2.75, 3.05) is 48.8 Å². The molecule has 3 heterocycles. The number of methoxy groups -OCH3 is 1. The van der Waals surface area contributed by atoms with Crippen LogP contribution in [0, 0.1) is 12.8 Å². The topological polar surface area (TPSA) is 111 Å². The van der Waals surface area contributed by atoms with Crippen LogP contribution in [0.5, 0.6) is 5.75 Å². The molecule has 3 N–H and O–H groups in total. The lowest BCUT2D eigenvalue weighted by Gasteiger charge is -2.38. The highest BCUT2D eigenvalue weighted by Gasteiger charge is 2.29. The van der Waals surface area contributed by atoms with E-state index in [1.54, 1.807) is 7.11 Å².